The summed E-state index contributed by atoms with van der Waals surface area (Å²) in [6, 6.07) is 14.0. The van der Waals surface area contributed by atoms with Crippen LogP contribution in [0.1, 0.15) is 28.4 Å². The summed E-state index contributed by atoms with van der Waals surface area (Å²) >= 11 is 0. The summed E-state index contributed by atoms with van der Waals surface area (Å²) in [5.41, 5.74) is 3.67. The fraction of sp³-hybridized carbons (Fsp3) is 0.190. The molecule has 6 heteroatoms. The number of nitriles is 1. The van der Waals surface area contributed by atoms with Crippen molar-refractivity contribution in [3.8, 4) is 6.07 Å². The van der Waals surface area contributed by atoms with Crippen LogP contribution >= 0.6 is 0 Å². The zero-order valence-corrected chi connectivity index (χ0v) is 15.5. The van der Waals surface area contributed by atoms with Gasteiger partial charge in [-0.25, -0.2) is 4.79 Å². The van der Waals surface area contributed by atoms with Crippen LogP contribution in [0.25, 0.3) is 0 Å². The van der Waals surface area contributed by atoms with E-state index in [0.717, 1.165) is 11.1 Å². The van der Waals surface area contributed by atoms with Crippen LogP contribution in [0.15, 0.2) is 54.2 Å². The highest BCUT2D eigenvalue weighted by Crippen LogP contribution is 2.19. The Hall–Kier alpha value is -3.59. The molecule has 0 heterocycles. The summed E-state index contributed by atoms with van der Waals surface area (Å²) in [5, 5.41) is 14.9. The summed E-state index contributed by atoms with van der Waals surface area (Å²) in [6.45, 7) is 5.91. The van der Waals surface area contributed by atoms with Crippen molar-refractivity contribution in [2.75, 3.05) is 17.2 Å². The molecule has 2 rings (SSSR count). The number of carbonyl (C=O) groups is 2. The Morgan fingerprint density at radius 2 is 1.85 bits per heavy atom. The third kappa shape index (κ3) is 5.19. The molecule has 138 valence electrons. The van der Waals surface area contributed by atoms with Gasteiger partial charge >= 0.3 is 5.97 Å². The molecule has 6 nitrogen and oxygen atoms in total. The lowest BCUT2D eigenvalue weighted by atomic mass is 10.1. The first-order chi connectivity index (χ1) is 13.0. The highest BCUT2D eigenvalue weighted by molar-refractivity contribution is 6.07. The Morgan fingerprint density at radius 1 is 1.15 bits per heavy atom. The Morgan fingerprint density at radius 3 is 2.48 bits per heavy atom. The molecule has 0 aromatic heterocycles. The fourth-order valence-corrected chi connectivity index (χ4v) is 2.30. The lowest BCUT2D eigenvalue weighted by molar-refractivity contribution is -0.112. The second kappa shape index (κ2) is 9.20. The Bertz CT molecular complexity index is 909. The number of carbonyl (C=O) groups excluding carboxylic acids is 2. The van der Waals surface area contributed by atoms with E-state index in [4.69, 9.17) is 4.74 Å². The minimum atomic E-state index is -0.498. The number of esters is 1. The molecule has 0 bridgehead atoms. The van der Waals surface area contributed by atoms with Crippen LogP contribution < -0.4 is 10.6 Å². The highest BCUT2D eigenvalue weighted by atomic mass is 16.5. The maximum absolute atomic E-state index is 12.3. The van der Waals surface area contributed by atoms with Gasteiger partial charge in [0.05, 0.1) is 12.2 Å². The first kappa shape index (κ1) is 19.7. The average Bonchev–Trinajstić information content (AvgIpc) is 2.66. The van der Waals surface area contributed by atoms with Crippen molar-refractivity contribution >= 4 is 23.3 Å². The molecular weight excluding hydrogens is 342 g/mol. The van der Waals surface area contributed by atoms with Gasteiger partial charge < -0.3 is 15.4 Å². The van der Waals surface area contributed by atoms with Crippen molar-refractivity contribution in [3.63, 3.8) is 0 Å². The molecule has 2 aromatic carbocycles. The molecule has 27 heavy (non-hydrogen) atoms. The van der Waals surface area contributed by atoms with Gasteiger partial charge in [0.2, 0.25) is 0 Å². The number of nitrogens with one attached hydrogen (secondary N) is 2. The van der Waals surface area contributed by atoms with Gasteiger partial charge in [-0.3, -0.25) is 4.79 Å². The molecule has 0 fully saturated rings. The largest absolute Gasteiger partial charge is 0.462 e. The van der Waals surface area contributed by atoms with E-state index in [1.54, 1.807) is 37.3 Å². The zero-order chi connectivity index (χ0) is 19.8. The van der Waals surface area contributed by atoms with Gasteiger partial charge in [-0.05, 0) is 62.2 Å². The van der Waals surface area contributed by atoms with E-state index in [1.165, 1.54) is 6.20 Å². The normalized spacial score (nSPS) is 10.7. The molecule has 0 aliphatic carbocycles. The van der Waals surface area contributed by atoms with E-state index in [1.807, 2.05) is 32.0 Å². The van der Waals surface area contributed by atoms with Gasteiger partial charge in [0, 0.05) is 17.6 Å². The van der Waals surface area contributed by atoms with Crippen LogP contribution in [0.3, 0.4) is 0 Å². The quantitative estimate of drug-likeness (QED) is 0.461. The van der Waals surface area contributed by atoms with E-state index in [9.17, 15) is 14.9 Å². The minimum Gasteiger partial charge on any atom is -0.462 e. The lowest BCUT2D eigenvalue weighted by Gasteiger charge is -2.10. The highest BCUT2D eigenvalue weighted by Gasteiger charge is 2.11. The number of ether oxygens (including phenoxy) is 1. The molecule has 2 N–H and O–H groups in total. The van der Waals surface area contributed by atoms with Gasteiger partial charge in [0.25, 0.3) is 5.91 Å². The number of aryl methyl sites for hydroxylation is 1. The second-order valence-corrected chi connectivity index (χ2v) is 5.81. The Balaban J connectivity index is 2.07. The van der Waals surface area contributed by atoms with Crippen molar-refractivity contribution < 1.29 is 14.3 Å². The molecule has 0 spiro atoms. The molecule has 1 amide bonds. The third-order valence-corrected chi connectivity index (χ3v) is 4.00. The Labute approximate surface area is 158 Å². The standard InChI is InChI=1S/C21H21N3O3/c1-4-27-21(26)16-8-10-18(11-9-16)23-13-17(12-22)20(25)24-19-7-5-6-14(2)15(19)3/h5-11,13,23H,4H2,1-3H3,(H,24,25)/b17-13-. The SMILES string of the molecule is CCOC(=O)c1ccc(N/C=C(/C#N)C(=O)Nc2cccc(C)c2C)cc1. The van der Waals surface area contributed by atoms with E-state index in [0.29, 0.717) is 23.5 Å². The molecule has 0 saturated heterocycles. The number of benzene rings is 2. The maximum Gasteiger partial charge on any atom is 0.338 e. The van der Waals surface area contributed by atoms with Crippen LogP contribution in [0.4, 0.5) is 11.4 Å². The van der Waals surface area contributed by atoms with Crippen molar-refractivity contribution in [2.24, 2.45) is 0 Å². The predicted molar refractivity (Wildman–Crippen MR) is 104 cm³/mol. The van der Waals surface area contributed by atoms with Gasteiger partial charge in [-0.2, -0.15) is 5.26 Å². The predicted octanol–water partition coefficient (Wildman–Crippen LogP) is 3.94. The number of amides is 1. The van der Waals surface area contributed by atoms with Gasteiger partial charge in [-0.15, -0.1) is 0 Å². The summed E-state index contributed by atoms with van der Waals surface area (Å²) in [4.78, 5) is 24.0. The third-order valence-electron chi connectivity index (χ3n) is 4.00. The maximum atomic E-state index is 12.3. The summed E-state index contributed by atoms with van der Waals surface area (Å²) in [7, 11) is 0. The van der Waals surface area contributed by atoms with Crippen LogP contribution in [0.5, 0.6) is 0 Å². The molecule has 0 aliphatic rings. The zero-order valence-electron chi connectivity index (χ0n) is 15.5. The summed E-state index contributed by atoms with van der Waals surface area (Å²) in [6.07, 6.45) is 1.33. The van der Waals surface area contributed by atoms with Crippen LogP contribution in [-0.2, 0) is 9.53 Å². The lowest BCUT2D eigenvalue weighted by Crippen LogP contribution is -2.15. The van der Waals surface area contributed by atoms with E-state index in [2.05, 4.69) is 10.6 Å². The van der Waals surface area contributed by atoms with E-state index in [-0.39, 0.29) is 5.57 Å². The second-order valence-electron chi connectivity index (χ2n) is 5.81. The van der Waals surface area contributed by atoms with Crippen molar-refractivity contribution in [1.29, 1.82) is 5.26 Å². The van der Waals surface area contributed by atoms with Gasteiger partial charge in [-0.1, -0.05) is 12.1 Å². The smallest absolute Gasteiger partial charge is 0.338 e. The van der Waals surface area contributed by atoms with E-state index >= 15 is 0 Å². The Kier molecular flexibility index (Phi) is 6.73. The first-order valence-corrected chi connectivity index (χ1v) is 8.47. The monoisotopic (exact) mass is 363 g/mol. The molecule has 0 radical (unpaired) electrons. The number of anilines is 2. The van der Waals surface area contributed by atoms with Crippen molar-refractivity contribution in [3.05, 3.63) is 70.9 Å². The summed E-state index contributed by atoms with van der Waals surface area (Å²) in [5.74, 6) is -0.896. The fourth-order valence-electron chi connectivity index (χ4n) is 2.30. The molecular formula is C21H21N3O3. The minimum absolute atomic E-state index is 0.0645. The number of rotatable bonds is 6. The molecule has 0 atom stereocenters. The van der Waals surface area contributed by atoms with Crippen LogP contribution in [0.2, 0.25) is 0 Å². The van der Waals surface area contributed by atoms with Crippen LogP contribution in [0, 0.1) is 25.2 Å². The first-order valence-electron chi connectivity index (χ1n) is 8.47. The van der Waals surface area contributed by atoms with Gasteiger partial charge in [0.1, 0.15) is 11.6 Å². The number of hydrogen-bond donors (Lipinski definition) is 2. The molecule has 0 aliphatic heterocycles. The molecule has 0 unspecified atom stereocenters. The molecule has 2 aromatic rings. The van der Waals surface area contributed by atoms with Crippen molar-refractivity contribution in [2.45, 2.75) is 20.8 Å². The van der Waals surface area contributed by atoms with Gasteiger partial charge in [0.15, 0.2) is 0 Å². The van der Waals surface area contributed by atoms with Crippen molar-refractivity contribution in [1.82, 2.24) is 0 Å². The topological polar surface area (TPSA) is 91.2 Å². The molecule has 0 saturated carbocycles. The van der Waals surface area contributed by atoms with Crippen LogP contribution in [-0.4, -0.2) is 18.5 Å². The number of nitrogens with zero attached hydrogens (tertiary/aromatic N) is 1. The van der Waals surface area contributed by atoms with E-state index < -0.39 is 11.9 Å². The average molecular weight is 363 g/mol. The summed E-state index contributed by atoms with van der Waals surface area (Å²) < 4.78 is 4.92. The number of hydrogen-bond acceptors (Lipinski definition) is 5.